The zero-order valence-corrected chi connectivity index (χ0v) is 18.2. The van der Waals surface area contributed by atoms with Crippen LogP contribution in [0.4, 0.5) is 0 Å². The van der Waals surface area contributed by atoms with E-state index in [0.717, 1.165) is 17.9 Å². The Hall–Kier alpha value is -2.07. The number of carbonyl (C=O) groups is 1. The van der Waals surface area contributed by atoms with Crippen LogP contribution in [-0.4, -0.2) is 65.5 Å². The fourth-order valence-corrected chi connectivity index (χ4v) is 4.23. The number of methoxy groups -OCH3 is 1. The summed E-state index contributed by atoms with van der Waals surface area (Å²) in [6.45, 7) is 11.2. The van der Waals surface area contributed by atoms with Crippen LogP contribution in [0.2, 0.25) is 0 Å². The van der Waals surface area contributed by atoms with Gasteiger partial charge >= 0.3 is 5.97 Å². The molecule has 0 amide bonds. The van der Waals surface area contributed by atoms with Gasteiger partial charge < -0.3 is 19.6 Å². The molecule has 0 saturated carbocycles. The van der Waals surface area contributed by atoms with Crippen molar-refractivity contribution in [1.29, 1.82) is 0 Å². The molecule has 0 aliphatic heterocycles. The van der Waals surface area contributed by atoms with Crippen molar-refractivity contribution in [1.82, 2.24) is 14.9 Å². The summed E-state index contributed by atoms with van der Waals surface area (Å²) in [6, 6.07) is 0. The number of aryl methyl sites for hydroxylation is 1. The van der Waals surface area contributed by atoms with Crippen LogP contribution in [0, 0.1) is 12.8 Å². The maximum absolute atomic E-state index is 12.7. The number of rotatable bonds is 11. The Morgan fingerprint density at radius 1 is 1.41 bits per heavy atom. The summed E-state index contributed by atoms with van der Waals surface area (Å²) >= 11 is 1.15. The molecule has 9 heteroatoms. The number of hydrogen-bond donors (Lipinski definition) is 2. The number of nitrogens with zero attached hydrogens (tertiary/aromatic N) is 2. The van der Waals surface area contributed by atoms with Crippen molar-refractivity contribution in [2.45, 2.75) is 33.4 Å². The summed E-state index contributed by atoms with van der Waals surface area (Å²) in [6.07, 6.45) is 0.856. The molecule has 2 N–H and O–H groups in total. The molecule has 2 aromatic rings. The highest BCUT2D eigenvalue weighted by Gasteiger charge is 2.21. The molecule has 160 valence electrons. The Kier molecular flexibility index (Phi) is 8.51. The highest BCUT2D eigenvalue weighted by molar-refractivity contribution is 7.20. The third kappa shape index (κ3) is 6.20. The van der Waals surface area contributed by atoms with E-state index < -0.39 is 12.1 Å². The molecular weight excluding hydrogens is 394 g/mol. The van der Waals surface area contributed by atoms with Crippen LogP contribution in [0.5, 0.6) is 0 Å². The lowest BCUT2D eigenvalue weighted by molar-refractivity contribution is 0.0325. The zero-order chi connectivity index (χ0) is 21.6. The Morgan fingerprint density at radius 2 is 2.14 bits per heavy atom. The number of nitrogens with one attached hydrogen (secondary N) is 1. The van der Waals surface area contributed by atoms with Gasteiger partial charge in [0.25, 0.3) is 5.56 Å². The van der Waals surface area contributed by atoms with Gasteiger partial charge in [0, 0.05) is 20.2 Å². The molecular formula is C20H29N3O5S. The quantitative estimate of drug-likeness (QED) is 0.421. The lowest BCUT2D eigenvalue weighted by atomic mass is 10.2. The van der Waals surface area contributed by atoms with E-state index in [1.807, 2.05) is 4.90 Å². The van der Waals surface area contributed by atoms with Crippen LogP contribution in [-0.2, 0) is 16.0 Å². The molecule has 0 spiro atoms. The first-order chi connectivity index (χ1) is 13.8. The number of H-pyrrole nitrogens is 1. The van der Waals surface area contributed by atoms with E-state index in [9.17, 15) is 14.7 Å². The number of aliphatic hydroxyl groups excluding tert-OH is 1. The second-order valence-corrected chi connectivity index (χ2v) is 8.33. The van der Waals surface area contributed by atoms with Crippen LogP contribution >= 0.6 is 11.3 Å². The summed E-state index contributed by atoms with van der Waals surface area (Å²) in [7, 11) is 1.54. The van der Waals surface area contributed by atoms with Gasteiger partial charge in [-0.1, -0.05) is 26.5 Å². The SMILES string of the molecule is C=CCOC(=O)c1sc2nc(CN(CC(C)C)CC(O)COC)[nH]c(=O)c2c1C. The highest BCUT2D eigenvalue weighted by Crippen LogP contribution is 2.27. The normalized spacial score (nSPS) is 12.7. The van der Waals surface area contributed by atoms with Crippen molar-refractivity contribution in [2.24, 2.45) is 5.92 Å². The van der Waals surface area contributed by atoms with Gasteiger partial charge in [-0.25, -0.2) is 9.78 Å². The number of thiophene rings is 1. The topological polar surface area (TPSA) is 105 Å². The van der Waals surface area contributed by atoms with Gasteiger partial charge in [0.2, 0.25) is 0 Å². The summed E-state index contributed by atoms with van der Waals surface area (Å²) < 4.78 is 10.1. The van der Waals surface area contributed by atoms with E-state index in [-0.39, 0.29) is 18.8 Å². The lowest BCUT2D eigenvalue weighted by Crippen LogP contribution is -2.37. The number of aliphatic hydroxyl groups is 1. The first-order valence-electron chi connectivity index (χ1n) is 9.46. The molecule has 0 radical (unpaired) electrons. The standard InChI is InChI=1S/C20H29N3O5S/c1-6-7-28-20(26)17-13(4)16-18(25)21-15(22-19(16)29-17)10-23(8-12(2)3)9-14(24)11-27-5/h6,12,14,24H,1,7-11H2,2-5H3,(H,21,22,25). The molecule has 2 heterocycles. The van der Waals surface area contributed by atoms with Crippen molar-refractivity contribution in [3.05, 3.63) is 39.3 Å². The Bertz CT molecular complexity index is 905. The number of carbonyl (C=O) groups excluding carboxylic acids is 1. The lowest BCUT2D eigenvalue weighted by Gasteiger charge is -2.26. The molecule has 8 nitrogen and oxygen atoms in total. The maximum atomic E-state index is 12.7. The molecule has 2 rings (SSSR count). The fourth-order valence-electron chi connectivity index (χ4n) is 3.13. The summed E-state index contributed by atoms with van der Waals surface area (Å²) in [5.41, 5.74) is 0.275. The van der Waals surface area contributed by atoms with E-state index in [4.69, 9.17) is 9.47 Å². The van der Waals surface area contributed by atoms with E-state index >= 15 is 0 Å². The van der Waals surface area contributed by atoms with E-state index in [2.05, 4.69) is 30.4 Å². The Balaban J connectivity index is 2.31. The largest absolute Gasteiger partial charge is 0.457 e. The molecule has 1 unspecified atom stereocenters. The van der Waals surface area contributed by atoms with Crippen molar-refractivity contribution >= 4 is 27.5 Å². The first kappa shape index (κ1) is 23.2. The third-order valence-corrected chi connectivity index (χ3v) is 5.36. The van der Waals surface area contributed by atoms with Crippen LogP contribution < -0.4 is 5.56 Å². The third-order valence-electron chi connectivity index (χ3n) is 4.19. The molecule has 0 bridgehead atoms. The second-order valence-electron chi connectivity index (χ2n) is 7.33. The minimum atomic E-state index is -0.635. The van der Waals surface area contributed by atoms with Crippen LogP contribution in [0.3, 0.4) is 0 Å². The molecule has 0 fully saturated rings. The van der Waals surface area contributed by atoms with E-state index in [0.29, 0.717) is 45.5 Å². The first-order valence-corrected chi connectivity index (χ1v) is 10.3. The molecule has 0 saturated heterocycles. The van der Waals surface area contributed by atoms with Gasteiger partial charge in [0.1, 0.15) is 22.1 Å². The van der Waals surface area contributed by atoms with Crippen molar-refractivity contribution in [3.8, 4) is 0 Å². The number of esters is 1. The summed E-state index contributed by atoms with van der Waals surface area (Å²) in [5.74, 6) is 0.367. The van der Waals surface area contributed by atoms with Gasteiger partial charge in [-0.2, -0.15) is 0 Å². The molecule has 0 aromatic carbocycles. The number of aromatic amines is 1. The molecule has 2 aromatic heterocycles. The minimum Gasteiger partial charge on any atom is -0.457 e. The van der Waals surface area contributed by atoms with E-state index in [1.165, 1.54) is 6.08 Å². The van der Waals surface area contributed by atoms with Gasteiger partial charge in [0.15, 0.2) is 0 Å². The number of ether oxygens (including phenoxy) is 2. The molecule has 1 atom stereocenters. The van der Waals surface area contributed by atoms with Crippen LogP contribution in [0.1, 0.15) is 34.9 Å². The smallest absolute Gasteiger partial charge is 0.348 e. The zero-order valence-electron chi connectivity index (χ0n) is 17.4. The Morgan fingerprint density at radius 3 is 2.76 bits per heavy atom. The van der Waals surface area contributed by atoms with Crippen molar-refractivity contribution < 1.29 is 19.4 Å². The minimum absolute atomic E-state index is 0.107. The monoisotopic (exact) mass is 423 g/mol. The van der Waals surface area contributed by atoms with Gasteiger partial charge in [-0.05, 0) is 18.4 Å². The van der Waals surface area contributed by atoms with Crippen LogP contribution in [0.25, 0.3) is 10.2 Å². The van der Waals surface area contributed by atoms with Crippen LogP contribution in [0.15, 0.2) is 17.4 Å². The van der Waals surface area contributed by atoms with Gasteiger partial charge in [-0.3, -0.25) is 9.69 Å². The molecule has 0 aliphatic rings. The number of fused-ring (bicyclic) bond motifs is 1. The average molecular weight is 424 g/mol. The predicted octanol–water partition coefficient (Wildman–Crippen LogP) is 2.10. The predicted molar refractivity (Wildman–Crippen MR) is 113 cm³/mol. The van der Waals surface area contributed by atoms with E-state index in [1.54, 1.807) is 14.0 Å². The summed E-state index contributed by atoms with van der Waals surface area (Å²) in [4.78, 5) is 35.1. The summed E-state index contributed by atoms with van der Waals surface area (Å²) in [5, 5.41) is 10.5. The fraction of sp³-hybridized carbons (Fsp3) is 0.550. The Labute approximate surface area is 174 Å². The van der Waals surface area contributed by atoms with Gasteiger partial charge in [-0.15, -0.1) is 11.3 Å². The molecule has 29 heavy (non-hydrogen) atoms. The highest BCUT2D eigenvalue weighted by atomic mass is 32.1. The van der Waals surface area contributed by atoms with Crippen molar-refractivity contribution in [3.63, 3.8) is 0 Å². The average Bonchev–Trinajstić information content (AvgIpc) is 2.96. The van der Waals surface area contributed by atoms with Gasteiger partial charge in [0.05, 0.1) is 24.6 Å². The second kappa shape index (κ2) is 10.6. The van der Waals surface area contributed by atoms with Crippen molar-refractivity contribution in [2.75, 3.05) is 33.4 Å². The molecule has 0 aliphatic carbocycles. The maximum Gasteiger partial charge on any atom is 0.348 e. The number of aromatic nitrogens is 2. The number of hydrogen-bond acceptors (Lipinski definition) is 8.